The number of ether oxygens (including phenoxy) is 2. The van der Waals surface area contributed by atoms with Crippen LogP contribution < -0.4 is 0 Å². The molecule has 3 nitrogen and oxygen atoms in total. The van der Waals surface area contributed by atoms with Gasteiger partial charge in [0.05, 0.1) is 6.61 Å². The van der Waals surface area contributed by atoms with Crippen LogP contribution in [-0.4, -0.2) is 25.8 Å². The van der Waals surface area contributed by atoms with Crippen LogP contribution in [0.1, 0.15) is 46.0 Å². The molecule has 0 aliphatic heterocycles. The summed E-state index contributed by atoms with van der Waals surface area (Å²) in [6, 6.07) is 0. The largest absolute Gasteiger partial charge is 0.463 e. The molecule has 0 aliphatic rings. The highest BCUT2D eigenvalue weighted by atomic mass is 16.6. The molecule has 0 saturated carbocycles. The first-order chi connectivity index (χ1) is 6.77. The number of carbonyl (C=O) groups is 1. The lowest BCUT2D eigenvalue weighted by Crippen LogP contribution is -2.08. The van der Waals surface area contributed by atoms with Crippen molar-refractivity contribution in [2.24, 2.45) is 0 Å². The Labute approximate surface area is 86.8 Å². The Morgan fingerprint density at radius 1 is 1.00 bits per heavy atom. The summed E-state index contributed by atoms with van der Waals surface area (Å²) in [4.78, 5) is 10.4. The summed E-state index contributed by atoms with van der Waals surface area (Å²) in [6.45, 7) is 5.29. The Hall–Kier alpha value is -0.570. The molecule has 0 N–H and O–H groups in total. The fourth-order valence-electron chi connectivity index (χ4n) is 1.15. The zero-order chi connectivity index (χ0) is 10.6. The van der Waals surface area contributed by atoms with E-state index in [9.17, 15) is 4.79 Å². The third kappa shape index (κ3) is 11.4. The molecule has 84 valence electrons. The summed E-state index contributed by atoms with van der Waals surface area (Å²) < 4.78 is 10.0. The van der Waals surface area contributed by atoms with E-state index in [1.54, 1.807) is 0 Å². The molecule has 0 rings (SSSR count). The molecule has 0 saturated heterocycles. The SMILES string of the molecule is CCCCCCCOCCOC(C)=O. The van der Waals surface area contributed by atoms with Gasteiger partial charge in [-0.05, 0) is 6.42 Å². The predicted molar refractivity (Wildman–Crippen MR) is 56.2 cm³/mol. The average Bonchev–Trinajstić information content (AvgIpc) is 2.15. The summed E-state index contributed by atoms with van der Waals surface area (Å²) in [5.41, 5.74) is 0. The molecular weight excluding hydrogens is 180 g/mol. The number of hydrogen-bond donors (Lipinski definition) is 0. The van der Waals surface area contributed by atoms with E-state index in [0.717, 1.165) is 13.0 Å². The molecule has 0 bridgehead atoms. The number of hydrogen-bond acceptors (Lipinski definition) is 3. The number of carbonyl (C=O) groups excluding carboxylic acids is 1. The molecule has 0 aromatic heterocycles. The molecule has 0 amide bonds. The van der Waals surface area contributed by atoms with E-state index in [4.69, 9.17) is 9.47 Å². The quantitative estimate of drug-likeness (QED) is 0.426. The van der Waals surface area contributed by atoms with E-state index in [1.165, 1.54) is 32.6 Å². The monoisotopic (exact) mass is 202 g/mol. The lowest BCUT2D eigenvalue weighted by atomic mass is 10.2. The lowest BCUT2D eigenvalue weighted by Gasteiger charge is -2.04. The smallest absolute Gasteiger partial charge is 0.302 e. The van der Waals surface area contributed by atoms with Gasteiger partial charge in [-0.3, -0.25) is 4.79 Å². The van der Waals surface area contributed by atoms with E-state index in [1.807, 2.05) is 0 Å². The minimum atomic E-state index is -0.239. The highest BCUT2D eigenvalue weighted by Crippen LogP contribution is 2.02. The van der Waals surface area contributed by atoms with Gasteiger partial charge in [-0.1, -0.05) is 32.6 Å². The van der Waals surface area contributed by atoms with Gasteiger partial charge in [0, 0.05) is 13.5 Å². The third-order valence-electron chi connectivity index (χ3n) is 1.93. The van der Waals surface area contributed by atoms with Crippen molar-refractivity contribution in [3.8, 4) is 0 Å². The van der Waals surface area contributed by atoms with Crippen molar-refractivity contribution < 1.29 is 14.3 Å². The topological polar surface area (TPSA) is 35.5 Å². The van der Waals surface area contributed by atoms with Crippen LogP contribution in [0.15, 0.2) is 0 Å². The molecule has 0 atom stereocenters. The van der Waals surface area contributed by atoms with Gasteiger partial charge in [0.2, 0.25) is 0 Å². The summed E-state index contributed by atoms with van der Waals surface area (Å²) in [7, 11) is 0. The normalized spacial score (nSPS) is 10.1. The molecule has 0 spiro atoms. The number of rotatable bonds is 9. The Balaban J connectivity index is 2.88. The molecule has 0 fully saturated rings. The van der Waals surface area contributed by atoms with Crippen LogP contribution >= 0.6 is 0 Å². The predicted octanol–water partition coefficient (Wildman–Crippen LogP) is 2.54. The first-order valence-corrected chi connectivity index (χ1v) is 5.48. The van der Waals surface area contributed by atoms with Gasteiger partial charge in [-0.15, -0.1) is 0 Å². The van der Waals surface area contributed by atoms with E-state index in [0.29, 0.717) is 13.2 Å². The fourth-order valence-corrected chi connectivity index (χ4v) is 1.15. The van der Waals surface area contributed by atoms with Crippen molar-refractivity contribution in [2.45, 2.75) is 46.0 Å². The maximum Gasteiger partial charge on any atom is 0.302 e. The summed E-state index contributed by atoms with van der Waals surface area (Å²) in [5, 5.41) is 0. The number of esters is 1. The molecule has 3 heteroatoms. The molecule has 0 aliphatic carbocycles. The maximum atomic E-state index is 10.4. The van der Waals surface area contributed by atoms with Crippen LogP contribution in [0.25, 0.3) is 0 Å². The average molecular weight is 202 g/mol. The zero-order valence-electron chi connectivity index (χ0n) is 9.38. The summed E-state index contributed by atoms with van der Waals surface area (Å²) in [6.07, 6.45) is 6.23. The van der Waals surface area contributed by atoms with Gasteiger partial charge in [-0.25, -0.2) is 0 Å². The van der Waals surface area contributed by atoms with Crippen LogP contribution in [0.5, 0.6) is 0 Å². The Morgan fingerprint density at radius 2 is 1.71 bits per heavy atom. The van der Waals surface area contributed by atoms with Crippen molar-refractivity contribution >= 4 is 5.97 Å². The molecular formula is C11H22O3. The van der Waals surface area contributed by atoms with Crippen LogP contribution in [0.4, 0.5) is 0 Å². The van der Waals surface area contributed by atoms with Crippen LogP contribution in [-0.2, 0) is 14.3 Å². The Kier molecular flexibility index (Phi) is 10.1. The molecule has 0 heterocycles. The molecule has 0 aromatic carbocycles. The molecule has 0 radical (unpaired) electrons. The van der Waals surface area contributed by atoms with Gasteiger partial charge >= 0.3 is 5.97 Å². The van der Waals surface area contributed by atoms with Gasteiger partial charge in [0.25, 0.3) is 0 Å². The summed E-state index contributed by atoms with van der Waals surface area (Å²) >= 11 is 0. The van der Waals surface area contributed by atoms with Gasteiger partial charge in [0.15, 0.2) is 0 Å². The summed E-state index contributed by atoms with van der Waals surface area (Å²) in [5.74, 6) is -0.239. The first kappa shape index (κ1) is 13.4. The van der Waals surface area contributed by atoms with Crippen molar-refractivity contribution in [3.63, 3.8) is 0 Å². The Bertz CT molecular complexity index is 134. The van der Waals surface area contributed by atoms with Crippen LogP contribution in [0.3, 0.4) is 0 Å². The van der Waals surface area contributed by atoms with E-state index < -0.39 is 0 Å². The number of unbranched alkanes of at least 4 members (excludes halogenated alkanes) is 4. The van der Waals surface area contributed by atoms with E-state index in [-0.39, 0.29) is 5.97 Å². The lowest BCUT2D eigenvalue weighted by molar-refractivity contribution is -0.142. The van der Waals surface area contributed by atoms with Crippen molar-refractivity contribution in [2.75, 3.05) is 19.8 Å². The molecule has 14 heavy (non-hydrogen) atoms. The molecule has 0 unspecified atom stereocenters. The second-order valence-corrected chi connectivity index (χ2v) is 3.37. The van der Waals surface area contributed by atoms with Gasteiger partial charge in [0.1, 0.15) is 6.61 Å². The first-order valence-electron chi connectivity index (χ1n) is 5.48. The fraction of sp³-hybridized carbons (Fsp3) is 0.909. The minimum absolute atomic E-state index is 0.239. The van der Waals surface area contributed by atoms with Crippen molar-refractivity contribution in [1.82, 2.24) is 0 Å². The third-order valence-corrected chi connectivity index (χ3v) is 1.93. The van der Waals surface area contributed by atoms with Gasteiger partial charge < -0.3 is 9.47 Å². The Morgan fingerprint density at radius 3 is 2.36 bits per heavy atom. The highest BCUT2D eigenvalue weighted by Gasteiger charge is 1.93. The standard InChI is InChI=1S/C11H22O3/c1-3-4-5-6-7-8-13-9-10-14-11(2)12/h3-10H2,1-2H3. The van der Waals surface area contributed by atoms with Crippen LogP contribution in [0.2, 0.25) is 0 Å². The minimum Gasteiger partial charge on any atom is -0.463 e. The van der Waals surface area contributed by atoms with Gasteiger partial charge in [-0.2, -0.15) is 0 Å². The van der Waals surface area contributed by atoms with E-state index >= 15 is 0 Å². The highest BCUT2D eigenvalue weighted by molar-refractivity contribution is 5.65. The second kappa shape index (κ2) is 10.5. The van der Waals surface area contributed by atoms with Crippen molar-refractivity contribution in [3.05, 3.63) is 0 Å². The van der Waals surface area contributed by atoms with E-state index in [2.05, 4.69) is 6.92 Å². The zero-order valence-corrected chi connectivity index (χ0v) is 9.38. The second-order valence-electron chi connectivity index (χ2n) is 3.37. The van der Waals surface area contributed by atoms with Crippen molar-refractivity contribution in [1.29, 1.82) is 0 Å². The molecule has 0 aromatic rings. The van der Waals surface area contributed by atoms with Crippen LogP contribution in [0, 0.1) is 0 Å². The maximum absolute atomic E-state index is 10.4.